The normalized spacial score (nSPS) is 16.2. The number of hydrogen-bond donors (Lipinski definition) is 1. The summed E-state index contributed by atoms with van der Waals surface area (Å²) in [7, 11) is 0. The maximum Gasteiger partial charge on any atom is 0.224 e. The van der Waals surface area contributed by atoms with Gasteiger partial charge < -0.3 is 10.2 Å². The van der Waals surface area contributed by atoms with Gasteiger partial charge in [-0.05, 0) is 56.5 Å². The molecule has 1 aliphatic heterocycles. The molecular weight excluding hydrogens is 415 g/mol. The second-order valence-electron chi connectivity index (χ2n) is 8.83. The highest BCUT2D eigenvalue weighted by Crippen LogP contribution is 2.26. The van der Waals surface area contributed by atoms with Crippen molar-refractivity contribution in [3.05, 3.63) is 94.3 Å². The molecule has 3 aromatic rings. The number of aromatic nitrogens is 2. The molecule has 1 fully saturated rings. The zero-order chi connectivity index (χ0) is 23.2. The van der Waals surface area contributed by atoms with Crippen LogP contribution in [0.15, 0.2) is 54.6 Å². The second-order valence-corrected chi connectivity index (χ2v) is 8.83. The van der Waals surface area contributed by atoms with E-state index in [4.69, 9.17) is 9.97 Å². The van der Waals surface area contributed by atoms with Gasteiger partial charge >= 0.3 is 0 Å². The Morgan fingerprint density at radius 2 is 1.73 bits per heavy atom. The second kappa shape index (κ2) is 10.7. The number of aryl methyl sites for hydroxylation is 2. The molecule has 2 aromatic carbocycles. The van der Waals surface area contributed by atoms with Crippen molar-refractivity contribution < 1.29 is 9.18 Å². The first kappa shape index (κ1) is 23.1. The molecule has 1 aliphatic rings. The first-order valence-corrected chi connectivity index (χ1v) is 11.6. The van der Waals surface area contributed by atoms with Gasteiger partial charge in [0, 0.05) is 42.5 Å². The fourth-order valence-corrected chi connectivity index (χ4v) is 4.41. The molecule has 1 N–H and O–H groups in total. The van der Waals surface area contributed by atoms with Crippen molar-refractivity contribution in [2.45, 2.75) is 45.6 Å². The molecule has 1 saturated heterocycles. The van der Waals surface area contributed by atoms with Gasteiger partial charge in [0.15, 0.2) is 0 Å². The summed E-state index contributed by atoms with van der Waals surface area (Å²) < 4.78 is 13.0. The molecule has 1 atom stereocenters. The predicted octanol–water partition coefficient (Wildman–Crippen LogP) is 4.12. The Balaban J connectivity index is 1.32. The van der Waals surface area contributed by atoms with E-state index >= 15 is 0 Å². The van der Waals surface area contributed by atoms with Gasteiger partial charge in [0.2, 0.25) is 5.91 Å². The number of amides is 1. The number of hydrogen-bond acceptors (Lipinski definition) is 4. The molecule has 2 heterocycles. The van der Waals surface area contributed by atoms with Gasteiger partial charge in [-0.1, -0.05) is 42.5 Å². The topological polar surface area (TPSA) is 58.1 Å². The van der Waals surface area contributed by atoms with Crippen LogP contribution in [0.3, 0.4) is 0 Å². The number of rotatable bonds is 8. The van der Waals surface area contributed by atoms with E-state index in [1.807, 2.05) is 13.8 Å². The van der Waals surface area contributed by atoms with Crippen LogP contribution in [0.4, 0.5) is 4.39 Å². The molecule has 33 heavy (non-hydrogen) atoms. The number of nitrogens with zero attached hydrogens (tertiary/aromatic N) is 3. The third-order valence-electron chi connectivity index (χ3n) is 6.38. The van der Waals surface area contributed by atoms with Crippen LogP contribution in [0.1, 0.15) is 46.2 Å². The van der Waals surface area contributed by atoms with E-state index in [1.54, 1.807) is 12.1 Å². The third-order valence-corrected chi connectivity index (χ3v) is 6.38. The van der Waals surface area contributed by atoms with Gasteiger partial charge in [-0.25, -0.2) is 14.4 Å². The van der Waals surface area contributed by atoms with Crippen molar-refractivity contribution in [1.29, 1.82) is 0 Å². The van der Waals surface area contributed by atoms with Crippen LogP contribution in [0.2, 0.25) is 0 Å². The molecule has 0 radical (unpaired) electrons. The lowest BCUT2D eigenvalue weighted by Crippen LogP contribution is -2.26. The zero-order valence-corrected chi connectivity index (χ0v) is 19.4. The minimum Gasteiger partial charge on any atom is -0.352 e. The van der Waals surface area contributed by atoms with Crippen molar-refractivity contribution in [2.75, 3.05) is 19.6 Å². The molecule has 0 bridgehead atoms. The van der Waals surface area contributed by atoms with Crippen LogP contribution in [-0.2, 0) is 24.2 Å². The molecule has 1 aromatic heterocycles. The summed E-state index contributed by atoms with van der Waals surface area (Å²) in [6, 6.07) is 16.7. The van der Waals surface area contributed by atoms with E-state index in [1.165, 1.54) is 17.7 Å². The number of likely N-dealkylation sites (tertiary alicyclic amines) is 1. The monoisotopic (exact) mass is 446 g/mol. The van der Waals surface area contributed by atoms with Crippen LogP contribution < -0.4 is 5.32 Å². The summed E-state index contributed by atoms with van der Waals surface area (Å²) in [4.78, 5) is 24.6. The molecule has 4 rings (SSSR count). The van der Waals surface area contributed by atoms with Crippen LogP contribution in [0.25, 0.3) is 0 Å². The fraction of sp³-hybridized carbons (Fsp3) is 0.370. The highest BCUT2D eigenvalue weighted by molar-refractivity contribution is 5.79. The summed E-state index contributed by atoms with van der Waals surface area (Å²) in [5.74, 6) is 0.854. The smallest absolute Gasteiger partial charge is 0.224 e. The lowest BCUT2D eigenvalue weighted by atomic mass is 10.0. The quantitative estimate of drug-likeness (QED) is 0.566. The summed E-state index contributed by atoms with van der Waals surface area (Å²) in [5.41, 5.74) is 4.86. The van der Waals surface area contributed by atoms with Gasteiger partial charge in [0.05, 0.1) is 6.42 Å². The highest BCUT2D eigenvalue weighted by atomic mass is 19.1. The van der Waals surface area contributed by atoms with Crippen molar-refractivity contribution in [1.82, 2.24) is 20.2 Å². The van der Waals surface area contributed by atoms with Crippen LogP contribution in [-0.4, -0.2) is 40.4 Å². The van der Waals surface area contributed by atoms with E-state index in [-0.39, 0.29) is 18.1 Å². The number of halogens is 1. The Hall–Kier alpha value is -3.12. The van der Waals surface area contributed by atoms with Crippen LogP contribution in [0, 0.1) is 19.7 Å². The van der Waals surface area contributed by atoms with E-state index < -0.39 is 0 Å². The van der Waals surface area contributed by atoms with Crippen molar-refractivity contribution in [3.8, 4) is 0 Å². The van der Waals surface area contributed by atoms with E-state index in [2.05, 4.69) is 40.5 Å². The van der Waals surface area contributed by atoms with E-state index in [0.29, 0.717) is 12.5 Å². The van der Waals surface area contributed by atoms with Gasteiger partial charge in [0.25, 0.3) is 0 Å². The maximum absolute atomic E-state index is 13.0. The van der Waals surface area contributed by atoms with E-state index in [9.17, 15) is 9.18 Å². The summed E-state index contributed by atoms with van der Waals surface area (Å²) >= 11 is 0. The average molecular weight is 447 g/mol. The van der Waals surface area contributed by atoms with Crippen LogP contribution in [0.5, 0.6) is 0 Å². The average Bonchev–Trinajstić information content (AvgIpc) is 3.29. The number of carbonyl (C=O) groups is 1. The summed E-state index contributed by atoms with van der Waals surface area (Å²) in [5, 5.41) is 2.90. The van der Waals surface area contributed by atoms with Gasteiger partial charge in [-0.2, -0.15) is 0 Å². The molecule has 5 nitrogen and oxygen atoms in total. The first-order valence-electron chi connectivity index (χ1n) is 11.6. The van der Waals surface area contributed by atoms with Crippen molar-refractivity contribution >= 4 is 5.91 Å². The van der Waals surface area contributed by atoms with Gasteiger partial charge in [0.1, 0.15) is 11.6 Å². The highest BCUT2D eigenvalue weighted by Gasteiger charge is 2.27. The van der Waals surface area contributed by atoms with E-state index in [0.717, 1.165) is 60.8 Å². The Morgan fingerprint density at radius 1 is 1.03 bits per heavy atom. The number of nitrogens with one attached hydrogen (secondary N) is 1. The first-order chi connectivity index (χ1) is 16.0. The molecule has 0 spiro atoms. The molecule has 1 amide bonds. The Labute approximate surface area is 195 Å². The third kappa shape index (κ3) is 6.23. The maximum atomic E-state index is 13.0. The number of carbonyl (C=O) groups excluding carboxylic acids is 1. The Morgan fingerprint density at radius 3 is 2.42 bits per heavy atom. The minimum atomic E-state index is -0.282. The van der Waals surface area contributed by atoms with Gasteiger partial charge in [-0.3, -0.25) is 4.79 Å². The Bertz CT molecular complexity index is 1060. The minimum absolute atomic E-state index is 0.0881. The summed E-state index contributed by atoms with van der Waals surface area (Å²) in [6.45, 7) is 7.38. The molecule has 6 heteroatoms. The molecular formula is C27H31FN4O. The van der Waals surface area contributed by atoms with Gasteiger partial charge in [-0.15, -0.1) is 0 Å². The molecule has 0 saturated carbocycles. The zero-order valence-electron chi connectivity index (χ0n) is 19.4. The fourth-order valence-electron chi connectivity index (χ4n) is 4.41. The largest absolute Gasteiger partial charge is 0.352 e. The van der Waals surface area contributed by atoms with Crippen molar-refractivity contribution in [2.24, 2.45) is 0 Å². The predicted molar refractivity (Wildman–Crippen MR) is 127 cm³/mol. The standard InChI is InChI=1S/C27H31FN4O/c1-19-25(16-26(33)29-17-22-8-10-24(28)11-9-22)20(2)31-27(30-19)23-13-15-32(18-23)14-12-21-6-4-3-5-7-21/h3-11,23H,12-18H2,1-2H3,(H,29,33). The SMILES string of the molecule is Cc1nc(C2CCN(CCc3ccccc3)C2)nc(C)c1CC(=O)NCc1ccc(F)cc1. The Kier molecular flexibility index (Phi) is 7.45. The van der Waals surface area contributed by atoms with Crippen LogP contribution >= 0.6 is 0 Å². The summed E-state index contributed by atoms with van der Waals surface area (Å²) in [6.07, 6.45) is 2.36. The molecule has 1 unspecified atom stereocenters. The number of benzene rings is 2. The lowest BCUT2D eigenvalue weighted by molar-refractivity contribution is -0.120. The molecule has 0 aliphatic carbocycles. The van der Waals surface area contributed by atoms with Crippen molar-refractivity contribution in [3.63, 3.8) is 0 Å². The lowest BCUT2D eigenvalue weighted by Gasteiger charge is -2.17. The molecule has 172 valence electrons.